The normalized spacial score (nSPS) is 10.1. The van der Waals surface area contributed by atoms with Gasteiger partial charge >= 0.3 is 0 Å². The van der Waals surface area contributed by atoms with Gasteiger partial charge in [0.1, 0.15) is 11.4 Å². The third-order valence-electron chi connectivity index (χ3n) is 2.25. The van der Waals surface area contributed by atoms with Gasteiger partial charge in [-0.05, 0) is 29.4 Å². The number of unbranched alkanes of at least 4 members (excludes halogenated alkanes) is 1. The van der Waals surface area contributed by atoms with Crippen molar-refractivity contribution in [1.29, 1.82) is 0 Å². The predicted octanol–water partition coefficient (Wildman–Crippen LogP) is 2.68. The first kappa shape index (κ1) is 14.8. The van der Waals surface area contributed by atoms with E-state index in [0.717, 1.165) is 35.5 Å². The van der Waals surface area contributed by atoms with E-state index in [1.54, 1.807) is 0 Å². The SMILES string of the molecule is O=C(NCCCCI)c1cc(F)ccc1[N+](=O)[O-]. The lowest BCUT2D eigenvalue weighted by Crippen LogP contribution is -2.25. The highest BCUT2D eigenvalue weighted by Crippen LogP contribution is 2.19. The summed E-state index contributed by atoms with van der Waals surface area (Å²) in [7, 11) is 0. The molecule has 0 saturated carbocycles. The Labute approximate surface area is 117 Å². The molecule has 0 fully saturated rings. The topological polar surface area (TPSA) is 72.2 Å². The van der Waals surface area contributed by atoms with Crippen LogP contribution in [0.5, 0.6) is 0 Å². The van der Waals surface area contributed by atoms with Gasteiger partial charge < -0.3 is 5.32 Å². The van der Waals surface area contributed by atoms with Crippen molar-refractivity contribution in [3.05, 3.63) is 39.7 Å². The molecule has 0 bridgehead atoms. The Hall–Kier alpha value is -1.25. The van der Waals surface area contributed by atoms with Crippen molar-refractivity contribution in [3.8, 4) is 0 Å². The maximum Gasteiger partial charge on any atom is 0.282 e. The Balaban J connectivity index is 2.77. The number of carbonyl (C=O) groups excluding carboxylic acids is 1. The first-order valence-electron chi connectivity index (χ1n) is 5.34. The number of nitrogens with zero attached hydrogens (tertiary/aromatic N) is 1. The molecule has 0 heterocycles. The lowest BCUT2D eigenvalue weighted by Gasteiger charge is -2.05. The highest BCUT2D eigenvalue weighted by Gasteiger charge is 2.20. The number of carbonyl (C=O) groups is 1. The van der Waals surface area contributed by atoms with Gasteiger partial charge in [0.15, 0.2) is 0 Å². The van der Waals surface area contributed by atoms with Crippen LogP contribution in [0.15, 0.2) is 18.2 Å². The average molecular weight is 366 g/mol. The Kier molecular flexibility index (Phi) is 5.96. The fraction of sp³-hybridized carbons (Fsp3) is 0.364. The highest BCUT2D eigenvalue weighted by atomic mass is 127. The van der Waals surface area contributed by atoms with Gasteiger partial charge in [-0.15, -0.1) is 0 Å². The van der Waals surface area contributed by atoms with Crippen LogP contribution in [0.4, 0.5) is 10.1 Å². The molecule has 1 N–H and O–H groups in total. The third kappa shape index (κ3) is 4.21. The molecule has 0 radical (unpaired) electrons. The maximum atomic E-state index is 13.0. The lowest BCUT2D eigenvalue weighted by molar-refractivity contribution is -0.385. The number of halogens is 2. The third-order valence-corrected chi connectivity index (χ3v) is 3.01. The molecule has 0 spiro atoms. The highest BCUT2D eigenvalue weighted by molar-refractivity contribution is 14.1. The summed E-state index contributed by atoms with van der Waals surface area (Å²) in [4.78, 5) is 21.7. The van der Waals surface area contributed by atoms with Crippen LogP contribution >= 0.6 is 22.6 Å². The lowest BCUT2D eigenvalue weighted by atomic mass is 10.1. The summed E-state index contributed by atoms with van der Waals surface area (Å²) in [6, 6.07) is 2.84. The zero-order chi connectivity index (χ0) is 13.5. The van der Waals surface area contributed by atoms with E-state index in [4.69, 9.17) is 0 Å². The molecule has 1 aromatic rings. The number of nitro benzene ring substituents is 1. The van der Waals surface area contributed by atoms with Crippen molar-refractivity contribution < 1.29 is 14.1 Å². The summed E-state index contributed by atoms with van der Waals surface area (Å²) in [6.45, 7) is 0.426. The van der Waals surface area contributed by atoms with Crippen LogP contribution in [0.2, 0.25) is 0 Å². The molecule has 0 atom stereocenters. The van der Waals surface area contributed by atoms with Crippen LogP contribution in [0.3, 0.4) is 0 Å². The van der Waals surface area contributed by atoms with Crippen molar-refractivity contribution in [1.82, 2.24) is 5.32 Å². The molecule has 5 nitrogen and oxygen atoms in total. The summed E-state index contributed by atoms with van der Waals surface area (Å²) in [5, 5.41) is 13.3. The fourth-order valence-electron chi connectivity index (χ4n) is 1.37. The van der Waals surface area contributed by atoms with Crippen molar-refractivity contribution in [2.75, 3.05) is 11.0 Å². The number of benzene rings is 1. The molecule has 0 unspecified atom stereocenters. The zero-order valence-corrected chi connectivity index (χ0v) is 11.6. The van der Waals surface area contributed by atoms with Gasteiger partial charge in [-0.3, -0.25) is 14.9 Å². The van der Waals surface area contributed by atoms with E-state index in [1.807, 2.05) is 0 Å². The van der Waals surface area contributed by atoms with E-state index >= 15 is 0 Å². The van der Waals surface area contributed by atoms with E-state index in [9.17, 15) is 19.3 Å². The number of hydrogen-bond donors (Lipinski definition) is 1. The van der Waals surface area contributed by atoms with Gasteiger partial charge in [0, 0.05) is 12.6 Å². The zero-order valence-electron chi connectivity index (χ0n) is 9.49. The van der Waals surface area contributed by atoms with E-state index in [1.165, 1.54) is 0 Å². The van der Waals surface area contributed by atoms with Gasteiger partial charge in [0.25, 0.3) is 11.6 Å². The van der Waals surface area contributed by atoms with Crippen molar-refractivity contribution in [3.63, 3.8) is 0 Å². The van der Waals surface area contributed by atoms with Gasteiger partial charge in [-0.2, -0.15) is 0 Å². The summed E-state index contributed by atoms with van der Waals surface area (Å²) < 4.78 is 14.0. The van der Waals surface area contributed by atoms with Crippen molar-refractivity contribution >= 4 is 34.2 Å². The minimum atomic E-state index is -0.695. The molecule has 0 aliphatic rings. The molecule has 98 valence electrons. The maximum absolute atomic E-state index is 13.0. The molecule has 1 aromatic carbocycles. The van der Waals surface area contributed by atoms with Gasteiger partial charge in [-0.25, -0.2) is 4.39 Å². The Bertz CT molecular complexity index is 454. The largest absolute Gasteiger partial charge is 0.352 e. The quantitative estimate of drug-likeness (QED) is 0.277. The first-order valence-corrected chi connectivity index (χ1v) is 6.87. The van der Waals surface area contributed by atoms with Crippen LogP contribution < -0.4 is 5.32 Å². The Morgan fingerprint density at radius 1 is 1.44 bits per heavy atom. The molecule has 7 heteroatoms. The Morgan fingerprint density at radius 2 is 2.17 bits per heavy atom. The second-order valence-corrected chi connectivity index (χ2v) is 4.65. The number of nitro groups is 1. The van der Waals surface area contributed by atoms with Gasteiger partial charge in [0.2, 0.25) is 0 Å². The fourth-order valence-corrected chi connectivity index (χ4v) is 1.91. The monoisotopic (exact) mass is 366 g/mol. The number of alkyl halides is 1. The van der Waals surface area contributed by atoms with Crippen LogP contribution in [0.25, 0.3) is 0 Å². The van der Waals surface area contributed by atoms with E-state index < -0.39 is 16.6 Å². The van der Waals surface area contributed by atoms with Crippen LogP contribution in [0.1, 0.15) is 23.2 Å². The van der Waals surface area contributed by atoms with Gasteiger partial charge in [0.05, 0.1) is 4.92 Å². The van der Waals surface area contributed by atoms with E-state index in [-0.39, 0.29) is 11.3 Å². The second kappa shape index (κ2) is 7.24. The number of amides is 1. The predicted molar refractivity (Wildman–Crippen MR) is 73.5 cm³/mol. The van der Waals surface area contributed by atoms with Crippen LogP contribution in [-0.4, -0.2) is 21.8 Å². The summed E-state index contributed by atoms with van der Waals surface area (Å²) in [5.41, 5.74) is -0.628. The minimum absolute atomic E-state index is 0.241. The van der Waals surface area contributed by atoms with E-state index in [0.29, 0.717) is 6.54 Å². The van der Waals surface area contributed by atoms with Crippen molar-refractivity contribution in [2.45, 2.75) is 12.8 Å². The van der Waals surface area contributed by atoms with E-state index in [2.05, 4.69) is 27.9 Å². The average Bonchev–Trinajstić information content (AvgIpc) is 2.34. The molecule has 0 aliphatic heterocycles. The molecule has 0 aromatic heterocycles. The molecule has 1 rings (SSSR count). The van der Waals surface area contributed by atoms with Gasteiger partial charge in [-0.1, -0.05) is 22.6 Å². The molecule has 0 aliphatic carbocycles. The van der Waals surface area contributed by atoms with Crippen LogP contribution in [0, 0.1) is 15.9 Å². The summed E-state index contributed by atoms with van der Waals surface area (Å²) in [6.07, 6.45) is 1.74. The molecular weight excluding hydrogens is 354 g/mol. The van der Waals surface area contributed by atoms with Crippen molar-refractivity contribution in [2.24, 2.45) is 0 Å². The first-order chi connectivity index (χ1) is 8.56. The smallest absolute Gasteiger partial charge is 0.282 e. The minimum Gasteiger partial charge on any atom is -0.352 e. The molecule has 0 saturated heterocycles. The number of nitrogens with one attached hydrogen (secondary N) is 1. The molecule has 18 heavy (non-hydrogen) atoms. The summed E-state index contributed by atoms with van der Waals surface area (Å²) >= 11 is 2.22. The Morgan fingerprint density at radius 3 is 2.78 bits per heavy atom. The molecule has 1 amide bonds. The molecular formula is C11H12FIN2O3. The second-order valence-electron chi connectivity index (χ2n) is 3.57. The summed E-state index contributed by atoms with van der Waals surface area (Å²) in [5.74, 6) is -1.28. The number of hydrogen-bond acceptors (Lipinski definition) is 3. The number of rotatable bonds is 6. The standard InChI is InChI=1S/C11H12FIN2O3/c12-8-3-4-10(15(17)18)9(7-8)11(16)14-6-2-1-5-13/h3-4,7H,1-2,5-6H2,(H,14,16). The van der Waals surface area contributed by atoms with Crippen LogP contribution in [-0.2, 0) is 0 Å².